The summed E-state index contributed by atoms with van der Waals surface area (Å²) in [5, 5.41) is 10.3. The van der Waals surface area contributed by atoms with Crippen LogP contribution in [-0.4, -0.2) is 36.9 Å². The molecule has 1 N–H and O–H groups in total. The summed E-state index contributed by atoms with van der Waals surface area (Å²) in [6.07, 6.45) is 2.67. The van der Waals surface area contributed by atoms with Crippen LogP contribution in [0.2, 0.25) is 0 Å². The molecule has 7 heteroatoms. The monoisotopic (exact) mass is 329 g/mol. The number of aromatic carboxylic acids is 1. The summed E-state index contributed by atoms with van der Waals surface area (Å²) in [4.78, 5) is 11.0. The molecule has 0 amide bonds. The summed E-state index contributed by atoms with van der Waals surface area (Å²) in [6, 6.07) is 1.23. The molecule has 0 aliphatic carbocycles. The highest BCUT2D eigenvalue weighted by Gasteiger charge is 2.30. The number of carboxylic acids is 1. The van der Waals surface area contributed by atoms with Crippen LogP contribution in [0.5, 0.6) is 0 Å². The molecule has 0 atom stereocenters. The molecule has 0 aromatic carbocycles. The van der Waals surface area contributed by atoms with Gasteiger partial charge in [-0.2, -0.15) is 4.31 Å². The van der Waals surface area contributed by atoms with Gasteiger partial charge in [0.1, 0.15) is 4.88 Å². The van der Waals surface area contributed by atoms with Gasteiger partial charge in [-0.25, -0.2) is 13.2 Å². The van der Waals surface area contributed by atoms with Crippen LogP contribution in [0.15, 0.2) is 28.0 Å². The van der Waals surface area contributed by atoms with E-state index < -0.39 is 16.0 Å². The van der Waals surface area contributed by atoms with Crippen LogP contribution >= 0.6 is 11.3 Å². The van der Waals surface area contributed by atoms with Gasteiger partial charge in [0.15, 0.2) is 0 Å². The van der Waals surface area contributed by atoms with Gasteiger partial charge in [-0.3, -0.25) is 0 Å². The van der Waals surface area contributed by atoms with Gasteiger partial charge in [-0.05, 0) is 17.9 Å². The van der Waals surface area contributed by atoms with Crippen LogP contribution in [-0.2, 0) is 10.0 Å². The normalized spacial score (nSPS) is 17.6. The van der Waals surface area contributed by atoms with Crippen molar-refractivity contribution in [1.29, 1.82) is 0 Å². The number of rotatable bonds is 3. The molecule has 0 unspecified atom stereocenters. The van der Waals surface area contributed by atoms with Crippen LogP contribution in [0.3, 0.4) is 0 Å². The van der Waals surface area contributed by atoms with Gasteiger partial charge in [-0.1, -0.05) is 32.4 Å². The van der Waals surface area contributed by atoms with Gasteiger partial charge in [-0.15, -0.1) is 11.3 Å². The molecule has 1 aliphatic rings. The van der Waals surface area contributed by atoms with Crippen LogP contribution in [0.4, 0.5) is 0 Å². The molecule has 1 aromatic heterocycles. The second-order valence-electron chi connectivity index (χ2n) is 6.04. The van der Waals surface area contributed by atoms with E-state index in [1.165, 1.54) is 21.3 Å². The highest BCUT2D eigenvalue weighted by molar-refractivity contribution is 7.89. The van der Waals surface area contributed by atoms with Crippen molar-refractivity contribution in [2.75, 3.05) is 13.1 Å². The third-order valence-electron chi connectivity index (χ3n) is 3.56. The number of sulfonamides is 1. The Morgan fingerprint density at radius 1 is 1.38 bits per heavy atom. The first-order chi connectivity index (χ1) is 9.62. The van der Waals surface area contributed by atoms with Crippen molar-refractivity contribution >= 4 is 27.3 Å². The molecule has 21 heavy (non-hydrogen) atoms. The van der Waals surface area contributed by atoms with Gasteiger partial charge in [0.2, 0.25) is 10.0 Å². The molecule has 0 fully saturated rings. The summed E-state index contributed by atoms with van der Waals surface area (Å²) >= 11 is 0.933. The van der Waals surface area contributed by atoms with E-state index in [0.29, 0.717) is 19.5 Å². The second kappa shape index (κ2) is 5.55. The Morgan fingerprint density at radius 2 is 2.05 bits per heavy atom. The largest absolute Gasteiger partial charge is 0.477 e. The number of thiophene rings is 1. The van der Waals surface area contributed by atoms with Crippen molar-refractivity contribution in [3.63, 3.8) is 0 Å². The van der Waals surface area contributed by atoms with Crippen molar-refractivity contribution in [1.82, 2.24) is 4.31 Å². The fraction of sp³-hybridized carbons (Fsp3) is 0.500. The molecule has 0 spiro atoms. The lowest BCUT2D eigenvalue weighted by Crippen LogP contribution is -2.36. The van der Waals surface area contributed by atoms with Crippen molar-refractivity contribution in [3.05, 3.63) is 28.0 Å². The molecule has 116 valence electrons. The highest BCUT2D eigenvalue weighted by Crippen LogP contribution is 2.32. The predicted octanol–water partition coefficient (Wildman–Crippen LogP) is 2.81. The summed E-state index contributed by atoms with van der Waals surface area (Å²) in [5.41, 5.74) is 1.31. The zero-order chi connectivity index (χ0) is 15.8. The molecule has 0 saturated heterocycles. The maximum atomic E-state index is 12.5. The fourth-order valence-corrected chi connectivity index (χ4v) is 4.74. The third kappa shape index (κ3) is 3.36. The van der Waals surface area contributed by atoms with E-state index >= 15 is 0 Å². The summed E-state index contributed by atoms with van der Waals surface area (Å²) in [5.74, 6) is -1.10. The van der Waals surface area contributed by atoms with Crippen LogP contribution in [0, 0.1) is 5.41 Å². The first-order valence-electron chi connectivity index (χ1n) is 6.64. The molecule has 0 saturated carbocycles. The first kappa shape index (κ1) is 16.2. The van der Waals surface area contributed by atoms with Crippen LogP contribution in [0.1, 0.15) is 36.9 Å². The molecule has 0 radical (unpaired) electrons. The van der Waals surface area contributed by atoms with E-state index in [1.54, 1.807) is 0 Å². The minimum Gasteiger partial charge on any atom is -0.477 e. The fourth-order valence-electron chi connectivity index (χ4n) is 2.27. The van der Waals surface area contributed by atoms with Crippen LogP contribution < -0.4 is 0 Å². The lowest BCUT2D eigenvalue weighted by molar-refractivity contribution is 0.0702. The average molecular weight is 329 g/mol. The standard InChI is InChI=1S/C14H19NO4S2/c1-14(2,3)10-4-6-15(7-5-10)21(18,19)11-8-12(13(16)17)20-9-11/h4,8-9H,5-7H2,1-3H3,(H,16,17). The van der Waals surface area contributed by atoms with E-state index in [9.17, 15) is 13.2 Å². The van der Waals surface area contributed by atoms with Crippen molar-refractivity contribution in [2.45, 2.75) is 32.1 Å². The number of nitrogens with zero attached hydrogens (tertiary/aromatic N) is 1. The molecule has 2 heterocycles. The SMILES string of the molecule is CC(C)(C)C1=CCN(S(=O)(=O)c2csc(C(=O)O)c2)CC1. The number of carboxylic acid groups (broad SMARTS) is 1. The Kier molecular flexibility index (Phi) is 4.28. The minimum atomic E-state index is -3.61. The van der Waals surface area contributed by atoms with E-state index in [0.717, 1.165) is 11.3 Å². The number of hydrogen-bond donors (Lipinski definition) is 1. The first-order valence-corrected chi connectivity index (χ1v) is 8.96. The lowest BCUT2D eigenvalue weighted by Gasteiger charge is -2.31. The Bertz CT molecular complexity index is 680. The molecular formula is C14H19NO4S2. The van der Waals surface area contributed by atoms with E-state index in [-0.39, 0.29) is 15.2 Å². The second-order valence-corrected chi connectivity index (χ2v) is 8.89. The zero-order valence-corrected chi connectivity index (χ0v) is 13.9. The van der Waals surface area contributed by atoms with E-state index in [2.05, 4.69) is 20.8 Å². The molecule has 1 aliphatic heterocycles. The smallest absolute Gasteiger partial charge is 0.345 e. The van der Waals surface area contributed by atoms with Crippen molar-refractivity contribution in [2.24, 2.45) is 5.41 Å². The summed E-state index contributed by atoms with van der Waals surface area (Å²) in [7, 11) is -3.61. The highest BCUT2D eigenvalue weighted by atomic mass is 32.2. The van der Waals surface area contributed by atoms with Gasteiger partial charge in [0, 0.05) is 18.5 Å². The Hall–Kier alpha value is -1.18. The zero-order valence-electron chi connectivity index (χ0n) is 12.3. The Morgan fingerprint density at radius 3 is 2.48 bits per heavy atom. The van der Waals surface area contributed by atoms with E-state index in [1.807, 2.05) is 6.08 Å². The van der Waals surface area contributed by atoms with Gasteiger partial charge in [0.25, 0.3) is 0 Å². The third-order valence-corrected chi connectivity index (χ3v) is 6.47. The maximum Gasteiger partial charge on any atom is 0.345 e. The lowest BCUT2D eigenvalue weighted by atomic mass is 9.83. The molecule has 2 rings (SSSR count). The van der Waals surface area contributed by atoms with Gasteiger partial charge in [0.05, 0.1) is 4.90 Å². The Labute approximate surface area is 129 Å². The summed E-state index contributed by atoms with van der Waals surface area (Å²) in [6.45, 7) is 7.11. The topological polar surface area (TPSA) is 74.7 Å². The van der Waals surface area contributed by atoms with E-state index in [4.69, 9.17) is 5.11 Å². The van der Waals surface area contributed by atoms with Crippen LogP contribution in [0.25, 0.3) is 0 Å². The summed E-state index contributed by atoms with van der Waals surface area (Å²) < 4.78 is 26.4. The number of hydrogen-bond acceptors (Lipinski definition) is 4. The molecule has 5 nitrogen and oxygen atoms in total. The average Bonchev–Trinajstić information content (AvgIpc) is 2.88. The molecule has 0 bridgehead atoms. The van der Waals surface area contributed by atoms with Gasteiger partial charge >= 0.3 is 5.97 Å². The predicted molar refractivity (Wildman–Crippen MR) is 82.2 cm³/mol. The molecular weight excluding hydrogens is 310 g/mol. The van der Waals surface area contributed by atoms with Crippen molar-refractivity contribution in [3.8, 4) is 0 Å². The maximum absolute atomic E-state index is 12.5. The number of carbonyl (C=O) groups is 1. The quantitative estimate of drug-likeness (QED) is 0.865. The van der Waals surface area contributed by atoms with Gasteiger partial charge < -0.3 is 5.11 Å². The minimum absolute atomic E-state index is 0.0384. The van der Waals surface area contributed by atoms with Crippen molar-refractivity contribution < 1.29 is 18.3 Å². The Balaban J connectivity index is 2.22. The molecule has 1 aromatic rings.